The number of methoxy groups -OCH3 is 1. The highest BCUT2D eigenvalue weighted by molar-refractivity contribution is 5.76. The number of hydrogen-bond acceptors (Lipinski definition) is 3. The van der Waals surface area contributed by atoms with Gasteiger partial charge in [-0.25, -0.2) is 0 Å². The average molecular weight is 214 g/mol. The van der Waals surface area contributed by atoms with Crippen LogP contribution in [0, 0.1) is 0 Å². The first-order valence-electron chi connectivity index (χ1n) is 5.78. The van der Waals surface area contributed by atoms with Crippen LogP contribution < -0.4 is 10.6 Å². The lowest BCUT2D eigenvalue weighted by molar-refractivity contribution is -0.121. The van der Waals surface area contributed by atoms with Gasteiger partial charge in [0, 0.05) is 32.2 Å². The molecular formula is C11H22N2O2. The minimum absolute atomic E-state index is 0.164. The molecule has 0 aromatic rings. The van der Waals surface area contributed by atoms with Crippen LogP contribution in [0.2, 0.25) is 0 Å². The van der Waals surface area contributed by atoms with Crippen molar-refractivity contribution in [2.45, 2.75) is 44.7 Å². The van der Waals surface area contributed by atoms with Gasteiger partial charge < -0.3 is 15.4 Å². The lowest BCUT2D eigenvalue weighted by Crippen LogP contribution is -2.36. The Morgan fingerprint density at radius 2 is 2.27 bits per heavy atom. The summed E-state index contributed by atoms with van der Waals surface area (Å²) >= 11 is 0. The highest BCUT2D eigenvalue weighted by atomic mass is 16.5. The molecular weight excluding hydrogens is 192 g/mol. The van der Waals surface area contributed by atoms with E-state index in [0.717, 1.165) is 25.8 Å². The zero-order chi connectivity index (χ0) is 11.1. The zero-order valence-electron chi connectivity index (χ0n) is 9.71. The summed E-state index contributed by atoms with van der Waals surface area (Å²) in [6.45, 7) is 3.56. The summed E-state index contributed by atoms with van der Waals surface area (Å²) < 4.78 is 5.06. The summed E-state index contributed by atoms with van der Waals surface area (Å²) in [6, 6.07) is 0.835. The molecule has 0 radical (unpaired) electrons. The Kier molecular flexibility index (Phi) is 5.65. The van der Waals surface area contributed by atoms with Crippen LogP contribution in [-0.2, 0) is 9.53 Å². The van der Waals surface area contributed by atoms with Crippen molar-refractivity contribution in [3.63, 3.8) is 0 Å². The Morgan fingerprint density at radius 3 is 2.80 bits per heavy atom. The van der Waals surface area contributed by atoms with Crippen molar-refractivity contribution in [2.75, 3.05) is 20.3 Å². The second kappa shape index (κ2) is 6.80. The van der Waals surface area contributed by atoms with E-state index in [-0.39, 0.29) is 5.91 Å². The van der Waals surface area contributed by atoms with E-state index >= 15 is 0 Å². The van der Waals surface area contributed by atoms with Gasteiger partial charge >= 0.3 is 0 Å². The molecule has 1 aliphatic carbocycles. The fraction of sp³-hybridized carbons (Fsp3) is 0.909. The van der Waals surface area contributed by atoms with Crippen LogP contribution in [0.3, 0.4) is 0 Å². The third-order valence-corrected chi connectivity index (χ3v) is 2.59. The molecule has 0 saturated heterocycles. The van der Waals surface area contributed by atoms with Crippen molar-refractivity contribution < 1.29 is 9.53 Å². The van der Waals surface area contributed by atoms with Crippen molar-refractivity contribution in [3.8, 4) is 0 Å². The molecule has 1 atom stereocenters. The van der Waals surface area contributed by atoms with Crippen molar-refractivity contribution in [1.29, 1.82) is 0 Å². The fourth-order valence-electron chi connectivity index (χ4n) is 1.44. The topological polar surface area (TPSA) is 50.4 Å². The van der Waals surface area contributed by atoms with Gasteiger partial charge in [0.1, 0.15) is 0 Å². The average Bonchev–Trinajstić information content (AvgIpc) is 3.00. The number of carbonyl (C=O) groups excluding carboxylic acids is 1. The van der Waals surface area contributed by atoms with Crippen LogP contribution in [0.4, 0.5) is 0 Å². The van der Waals surface area contributed by atoms with Gasteiger partial charge in [-0.15, -0.1) is 0 Å². The van der Waals surface area contributed by atoms with Crippen molar-refractivity contribution in [1.82, 2.24) is 10.6 Å². The summed E-state index contributed by atoms with van der Waals surface area (Å²) in [6.07, 6.45) is 3.90. The standard InChI is InChI=1S/C11H22N2O2/c1-3-9(8-15-2)12-7-6-11(14)13-10-4-5-10/h9-10,12H,3-8H2,1-2H3,(H,13,14). The largest absolute Gasteiger partial charge is 0.383 e. The molecule has 1 unspecified atom stereocenters. The minimum Gasteiger partial charge on any atom is -0.383 e. The highest BCUT2D eigenvalue weighted by Gasteiger charge is 2.22. The van der Waals surface area contributed by atoms with Crippen LogP contribution in [0.15, 0.2) is 0 Å². The van der Waals surface area contributed by atoms with Crippen molar-refractivity contribution in [2.24, 2.45) is 0 Å². The second-order valence-corrected chi connectivity index (χ2v) is 4.11. The third-order valence-electron chi connectivity index (χ3n) is 2.59. The summed E-state index contributed by atoms with van der Waals surface area (Å²) in [4.78, 5) is 11.3. The number of amides is 1. The first kappa shape index (κ1) is 12.5. The molecule has 0 aromatic carbocycles. The van der Waals surface area contributed by atoms with Crippen molar-refractivity contribution in [3.05, 3.63) is 0 Å². The molecule has 1 fully saturated rings. The number of rotatable bonds is 8. The predicted molar refractivity (Wildman–Crippen MR) is 59.7 cm³/mol. The molecule has 1 aliphatic rings. The molecule has 1 rings (SSSR count). The molecule has 0 aliphatic heterocycles. The van der Waals surface area contributed by atoms with Gasteiger partial charge in [-0.2, -0.15) is 0 Å². The van der Waals surface area contributed by atoms with E-state index in [1.807, 2.05) is 0 Å². The normalized spacial score (nSPS) is 17.5. The fourth-order valence-corrected chi connectivity index (χ4v) is 1.44. The van der Waals surface area contributed by atoms with E-state index in [2.05, 4.69) is 17.6 Å². The van der Waals surface area contributed by atoms with E-state index in [9.17, 15) is 4.79 Å². The van der Waals surface area contributed by atoms with Gasteiger partial charge in [-0.05, 0) is 19.3 Å². The van der Waals surface area contributed by atoms with E-state index in [4.69, 9.17) is 4.74 Å². The second-order valence-electron chi connectivity index (χ2n) is 4.11. The van der Waals surface area contributed by atoms with Crippen LogP contribution in [0.5, 0.6) is 0 Å². The first-order chi connectivity index (χ1) is 7.26. The summed E-state index contributed by atoms with van der Waals surface area (Å²) in [7, 11) is 1.70. The molecule has 15 heavy (non-hydrogen) atoms. The molecule has 4 nitrogen and oxygen atoms in total. The highest BCUT2D eigenvalue weighted by Crippen LogP contribution is 2.18. The Bertz CT molecular complexity index is 193. The van der Waals surface area contributed by atoms with E-state index in [1.165, 1.54) is 0 Å². The molecule has 0 spiro atoms. The maximum atomic E-state index is 11.3. The predicted octanol–water partition coefficient (Wildman–Crippen LogP) is 0.670. The lowest BCUT2D eigenvalue weighted by atomic mass is 10.2. The maximum Gasteiger partial charge on any atom is 0.221 e. The molecule has 0 heterocycles. The third kappa shape index (κ3) is 5.74. The SMILES string of the molecule is CCC(COC)NCCC(=O)NC1CC1. The lowest BCUT2D eigenvalue weighted by Gasteiger charge is -2.15. The molecule has 0 bridgehead atoms. The smallest absolute Gasteiger partial charge is 0.221 e. The quantitative estimate of drug-likeness (QED) is 0.624. The number of carbonyl (C=O) groups is 1. The first-order valence-corrected chi connectivity index (χ1v) is 5.78. The van der Waals surface area contributed by atoms with Gasteiger partial charge in [0.25, 0.3) is 0 Å². The zero-order valence-corrected chi connectivity index (χ0v) is 9.71. The summed E-state index contributed by atoms with van der Waals surface area (Å²) in [5, 5.41) is 6.28. The molecule has 4 heteroatoms. The molecule has 2 N–H and O–H groups in total. The Hall–Kier alpha value is -0.610. The van der Waals surface area contributed by atoms with E-state index in [0.29, 0.717) is 25.1 Å². The van der Waals surface area contributed by atoms with Gasteiger partial charge in [-0.1, -0.05) is 6.92 Å². The minimum atomic E-state index is 0.164. The molecule has 88 valence electrons. The summed E-state index contributed by atoms with van der Waals surface area (Å²) in [5.74, 6) is 0.164. The number of ether oxygens (including phenoxy) is 1. The van der Waals surface area contributed by atoms with Crippen LogP contribution in [-0.4, -0.2) is 38.3 Å². The Morgan fingerprint density at radius 1 is 1.53 bits per heavy atom. The maximum absolute atomic E-state index is 11.3. The van der Waals surface area contributed by atoms with Gasteiger partial charge in [0.2, 0.25) is 5.91 Å². The van der Waals surface area contributed by atoms with Crippen LogP contribution >= 0.6 is 0 Å². The number of hydrogen-bond donors (Lipinski definition) is 2. The van der Waals surface area contributed by atoms with Gasteiger partial charge in [0.15, 0.2) is 0 Å². The van der Waals surface area contributed by atoms with Crippen LogP contribution in [0.25, 0.3) is 0 Å². The Labute approximate surface area is 91.8 Å². The summed E-state index contributed by atoms with van der Waals surface area (Å²) in [5.41, 5.74) is 0. The molecule has 1 amide bonds. The number of nitrogens with one attached hydrogen (secondary N) is 2. The molecule has 1 saturated carbocycles. The Balaban J connectivity index is 2.00. The monoisotopic (exact) mass is 214 g/mol. The van der Waals surface area contributed by atoms with E-state index < -0.39 is 0 Å². The molecule has 0 aromatic heterocycles. The van der Waals surface area contributed by atoms with Gasteiger partial charge in [-0.3, -0.25) is 4.79 Å². The van der Waals surface area contributed by atoms with E-state index in [1.54, 1.807) is 7.11 Å². The van der Waals surface area contributed by atoms with Crippen molar-refractivity contribution >= 4 is 5.91 Å². The van der Waals surface area contributed by atoms with Crippen LogP contribution in [0.1, 0.15) is 32.6 Å². The van der Waals surface area contributed by atoms with Gasteiger partial charge in [0.05, 0.1) is 6.61 Å².